The molecule has 2 aromatic heterocycles. The summed E-state index contributed by atoms with van der Waals surface area (Å²) >= 11 is 0. The van der Waals surface area contributed by atoms with Crippen molar-refractivity contribution in [2.24, 2.45) is 0 Å². The Balaban J connectivity index is 1.47. The number of pyridine rings is 1. The number of rotatable bonds is 3. The van der Waals surface area contributed by atoms with Gasteiger partial charge in [0, 0.05) is 17.1 Å². The molecule has 3 aromatic rings. The molecule has 31 heavy (non-hydrogen) atoms. The van der Waals surface area contributed by atoms with Gasteiger partial charge in [0.1, 0.15) is 16.9 Å². The smallest absolute Gasteiger partial charge is 0.287 e. The third kappa shape index (κ3) is 3.60. The Kier molecular flexibility index (Phi) is 5.00. The Morgan fingerprint density at radius 2 is 1.94 bits per heavy atom. The van der Waals surface area contributed by atoms with Gasteiger partial charge in [-0.2, -0.15) is 0 Å². The second kappa shape index (κ2) is 7.84. The summed E-state index contributed by atoms with van der Waals surface area (Å²) in [4.78, 5) is 30.3. The van der Waals surface area contributed by atoms with Gasteiger partial charge in [0.2, 0.25) is 0 Å². The minimum Gasteiger partial charge on any atom is -0.486 e. The number of Topliss-reactive ketones (excluding diaryl/α,β-unsaturated/α-hetero) is 1. The van der Waals surface area contributed by atoms with Gasteiger partial charge in [-0.25, -0.2) is 0 Å². The number of furan rings is 1. The van der Waals surface area contributed by atoms with Crippen LogP contribution in [0, 0.1) is 6.92 Å². The first-order chi connectivity index (χ1) is 15.1. The SMILES string of the molecule is Cc1c(C(=O)NCc2ccccn2)oc2ccc3c(c12)C(=O)CC1(CCCCCC1)O3. The molecule has 0 radical (unpaired) electrons. The number of ether oxygens (including phenoxy) is 1. The highest BCUT2D eigenvalue weighted by Crippen LogP contribution is 2.44. The fourth-order valence-corrected chi connectivity index (χ4v) is 4.96. The Hall–Kier alpha value is -3.15. The van der Waals surface area contributed by atoms with Crippen LogP contribution in [0.5, 0.6) is 5.75 Å². The molecule has 0 saturated heterocycles. The maximum Gasteiger partial charge on any atom is 0.287 e. The summed E-state index contributed by atoms with van der Waals surface area (Å²) in [6.07, 6.45) is 8.50. The highest BCUT2D eigenvalue weighted by molar-refractivity contribution is 6.13. The lowest BCUT2D eigenvalue weighted by atomic mass is 9.83. The number of nitrogens with zero attached hydrogens (tertiary/aromatic N) is 1. The Labute approximate surface area is 181 Å². The van der Waals surface area contributed by atoms with Crippen molar-refractivity contribution in [3.63, 3.8) is 0 Å². The average Bonchev–Trinajstić information content (AvgIpc) is 2.95. The van der Waals surface area contributed by atoms with E-state index in [4.69, 9.17) is 9.15 Å². The third-order valence-corrected chi connectivity index (χ3v) is 6.52. The molecular weight excluding hydrogens is 392 g/mol. The molecule has 0 unspecified atom stereocenters. The van der Waals surface area contributed by atoms with Gasteiger partial charge < -0.3 is 14.5 Å². The number of hydrogen-bond donors (Lipinski definition) is 1. The molecule has 160 valence electrons. The fourth-order valence-electron chi connectivity index (χ4n) is 4.96. The molecule has 6 nitrogen and oxygen atoms in total. The second-order valence-electron chi connectivity index (χ2n) is 8.67. The van der Waals surface area contributed by atoms with Crippen LogP contribution < -0.4 is 10.1 Å². The van der Waals surface area contributed by atoms with E-state index in [-0.39, 0.29) is 23.1 Å². The predicted molar refractivity (Wildman–Crippen MR) is 116 cm³/mol. The Bertz CT molecular complexity index is 1140. The molecule has 1 aliphatic heterocycles. The van der Waals surface area contributed by atoms with Gasteiger partial charge in [-0.15, -0.1) is 0 Å². The lowest BCUT2D eigenvalue weighted by Gasteiger charge is -2.37. The summed E-state index contributed by atoms with van der Waals surface area (Å²) in [5.41, 5.74) is 2.14. The Morgan fingerprint density at radius 3 is 2.68 bits per heavy atom. The molecule has 2 aliphatic rings. The van der Waals surface area contributed by atoms with Gasteiger partial charge in [-0.1, -0.05) is 18.9 Å². The van der Waals surface area contributed by atoms with E-state index in [1.165, 1.54) is 12.8 Å². The summed E-state index contributed by atoms with van der Waals surface area (Å²) in [5, 5.41) is 3.54. The lowest BCUT2D eigenvalue weighted by Crippen LogP contribution is -2.41. The minimum atomic E-state index is -0.380. The van der Waals surface area contributed by atoms with Gasteiger partial charge in [0.25, 0.3) is 5.91 Å². The van der Waals surface area contributed by atoms with E-state index in [9.17, 15) is 9.59 Å². The number of carbonyl (C=O) groups excluding carboxylic acids is 2. The van der Waals surface area contributed by atoms with Gasteiger partial charge in [0.05, 0.1) is 24.2 Å². The van der Waals surface area contributed by atoms with Crippen LogP contribution >= 0.6 is 0 Å². The first-order valence-electron chi connectivity index (χ1n) is 11.0. The van der Waals surface area contributed by atoms with Crippen LogP contribution in [0.25, 0.3) is 11.0 Å². The summed E-state index contributed by atoms with van der Waals surface area (Å²) in [5.74, 6) is 0.604. The number of amides is 1. The number of ketones is 1. The van der Waals surface area contributed by atoms with E-state index in [1.54, 1.807) is 12.3 Å². The maximum atomic E-state index is 13.3. The Morgan fingerprint density at radius 1 is 1.13 bits per heavy atom. The normalized spacial score (nSPS) is 17.8. The van der Waals surface area contributed by atoms with Crippen molar-refractivity contribution >= 4 is 22.7 Å². The third-order valence-electron chi connectivity index (χ3n) is 6.52. The van der Waals surface area contributed by atoms with Crippen LogP contribution in [0.15, 0.2) is 40.9 Å². The highest BCUT2D eigenvalue weighted by Gasteiger charge is 2.42. The van der Waals surface area contributed by atoms with Gasteiger partial charge in [-0.05, 0) is 56.9 Å². The van der Waals surface area contributed by atoms with Crippen molar-refractivity contribution in [2.75, 3.05) is 0 Å². The minimum absolute atomic E-state index is 0.0816. The first-order valence-corrected chi connectivity index (χ1v) is 11.0. The molecule has 1 fully saturated rings. The van der Waals surface area contributed by atoms with Crippen LogP contribution in [-0.4, -0.2) is 22.3 Å². The van der Waals surface area contributed by atoms with Crippen LogP contribution in [-0.2, 0) is 6.54 Å². The zero-order chi connectivity index (χ0) is 21.4. The molecule has 0 bridgehead atoms. The van der Waals surface area contributed by atoms with Crippen molar-refractivity contribution < 1.29 is 18.7 Å². The molecule has 1 aromatic carbocycles. The summed E-state index contributed by atoms with van der Waals surface area (Å²) < 4.78 is 12.4. The highest BCUT2D eigenvalue weighted by atomic mass is 16.5. The fraction of sp³-hybridized carbons (Fsp3) is 0.400. The largest absolute Gasteiger partial charge is 0.486 e. The van der Waals surface area contributed by atoms with Crippen molar-refractivity contribution in [3.8, 4) is 5.75 Å². The first kappa shape index (κ1) is 19.8. The summed E-state index contributed by atoms with van der Waals surface area (Å²) in [6.45, 7) is 2.13. The van der Waals surface area contributed by atoms with Crippen LogP contribution in [0.3, 0.4) is 0 Å². The predicted octanol–water partition coefficient (Wildman–Crippen LogP) is 5.12. The molecule has 1 amide bonds. The van der Waals surface area contributed by atoms with Crippen molar-refractivity contribution in [3.05, 3.63) is 59.1 Å². The molecule has 1 spiro atoms. The van der Waals surface area contributed by atoms with Crippen molar-refractivity contribution in [1.82, 2.24) is 10.3 Å². The molecule has 1 saturated carbocycles. The molecule has 3 heterocycles. The van der Waals surface area contributed by atoms with Crippen LogP contribution in [0.2, 0.25) is 0 Å². The van der Waals surface area contributed by atoms with E-state index >= 15 is 0 Å². The molecular formula is C25H26N2O4. The van der Waals surface area contributed by atoms with Crippen molar-refractivity contribution in [1.29, 1.82) is 0 Å². The van der Waals surface area contributed by atoms with E-state index in [0.29, 0.717) is 40.8 Å². The standard InChI is InChI=1S/C25H26N2O4/c1-16-21-19(30-23(16)24(29)27-15-17-8-4-7-13-26-17)9-10-20-22(21)18(28)14-25(31-20)11-5-2-3-6-12-25/h4,7-10,13H,2-3,5-6,11-12,14-15H2,1H3,(H,27,29). The van der Waals surface area contributed by atoms with Gasteiger partial charge in [-0.3, -0.25) is 14.6 Å². The number of benzene rings is 1. The van der Waals surface area contributed by atoms with Crippen LogP contribution in [0.4, 0.5) is 0 Å². The number of hydrogen-bond acceptors (Lipinski definition) is 5. The van der Waals surface area contributed by atoms with Crippen molar-refractivity contribution in [2.45, 2.75) is 64.0 Å². The van der Waals surface area contributed by atoms with E-state index in [1.807, 2.05) is 31.2 Å². The summed E-state index contributed by atoms with van der Waals surface area (Å²) in [7, 11) is 0. The molecule has 5 rings (SSSR count). The average molecular weight is 418 g/mol. The summed E-state index contributed by atoms with van der Waals surface area (Å²) in [6, 6.07) is 9.18. The topological polar surface area (TPSA) is 81.4 Å². The van der Waals surface area contributed by atoms with Gasteiger partial charge in [0.15, 0.2) is 11.5 Å². The van der Waals surface area contributed by atoms with E-state index in [0.717, 1.165) is 31.4 Å². The second-order valence-corrected chi connectivity index (χ2v) is 8.67. The number of nitrogens with one attached hydrogen (secondary N) is 1. The zero-order valence-electron chi connectivity index (χ0n) is 17.7. The number of fused-ring (bicyclic) bond motifs is 3. The zero-order valence-corrected chi connectivity index (χ0v) is 17.7. The molecule has 0 atom stereocenters. The number of carbonyl (C=O) groups is 2. The lowest BCUT2D eigenvalue weighted by molar-refractivity contribution is 0.0301. The quantitative estimate of drug-likeness (QED) is 0.638. The maximum absolute atomic E-state index is 13.3. The number of aromatic nitrogens is 1. The molecule has 1 N–H and O–H groups in total. The van der Waals surface area contributed by atoms with E-state index in [2.05, 4.69) is 10.3 Å². The van der Waals surface area contributed by atoms with Crippen LogP contribution in [0.1, 0.15) is 77.1 Å². The van der Waals surface area contributed by atoms with Gasteiger partial charge >= 0.3 is 0 Å². The molecule has 1 aliphatic carbocycles. The monoisotopic (exact) mass is 418 g/mol. The molecule has 6 heteroatoms. The number of aryl methyl sites for hydroxylation is 1. The van der Waals surface area contributed by atoms with E-state index < -0.39 is 0 Å².